The van der Waals surface area contributed by atoms with E-state index in [0.29, 0.717) is 0 Å². The van der Waals surface area contributed by atoms with E-state index in [1.807, 2.05) is 0 Å². The van der Waals surface area contributed by atoms with Crippen molar-refractivity contribution in [1.29, 1.82) is 0 Å². The summed E-state index contributed by atoms with van der Waals surface area (Å²) in [4.78, 5) is 81.6. The third-order valence-electron chi connectivity index (χ3n) is 14.4. The van der Waals surface area contributed by atoms with E-state index in [9.17, 15) is 35.9 Å². The van der Waals surface area contributed by atoms with Crippen molar-refractivity contribution in [2.75, 3.05) is 37.8 Å². The number of aromatic amines is 2. The first-order valence-electron chi connectivity index (χ1n) is 25.3. The van der Waals surface area contributed by atoms with Gasteiger partial charge in [0.25, 0.3) is 11.1 Å². The van der Waals surface area contributed by atoms with Gasteiger partial charge in [0.05, 0.1) is 51.2 Å². The minimum atomic E-state index is -4.77. The zero-order chi connectivity index (χ0) is 61.9. The Hall–Kier alpha value is -4.27. The number of halogens is 4. The van der Waals surface area contributed by atoms with E-state index < -0.39 is 170 Å². The predicted octanol–water partition coefficient (Wildman–Crippen LogP) is -8.46. The van der Waals surface area contributed by atoms with Crippen LogP contribution in [0.2, 0.25) is 0 Å². The molecule has 14 rings (SSSR count). The number of anilines is 2. The van der Waals surface area contributed by atoms with Crippen LogP contribution in [-0.4, -0.2) is 195 Å². The molecule has 14 heterocycles. The first-order chi connectivity index (χ1) is 41.8. The second-order valence-electron chi connectivity index (χ2n) is 19.7. The zero-order valence-corrected chi connectivity index (χ0v) is 54.5. The van der Waals surface area contributed by atoms with Crippen LogP contribution < -0.4 is 96.0 Å². The van der Waals surface area contributed by atoms with Crippen LogP contribution in [-0.2, 0) is 94.6 Å². The van der Waals surface area contributed by atoms with Crippen LogP contribution in [0.3, 0.4) is 0 Å². The van der Waals surface area contributed by atoms with Crippen molar-refractivity contribution in [3.8, 4) is 0 Å². The fourth-order valence-electron chi connectivity index (χ4n) is 10.4. The summed E-state index contributed by atoms with van der Waals surface area (Å²) < 4.78 is 192. The molecule has 0 bridgehead atoms. The molecule has 8 aromatic rings. The number of H-pyrrole nitrogens is 2. The number of rotatable bonds is 4. The molecule has 6 saturated heterocycles. The first-order valence-corrected chi connectivity index (χ1v) is 33.3. The fourth-order valence-corrected chi connectivity index (χ4v) is 15.1. The maximum atomic E-state index is 15.9. The quantitative estimate of drug-likeness (QED) is 0.0412. The molecule has 472 valence electrons. The van der Waals surface area contributed by atoms with Crippen LogP contribution in [0.25, 0.3) is 44.7 Å². The van der Waals surface area contributed by atoms with E-state index in [2.05, 4.69) is 69.3 Å². The monoisotopic (exact) mass is 1400 g/mol. The van der Waals surface area contributed by atoms with Crippen molar-refractivity contribution < 1.29 is 148 Å². The number of fused-ring (bicyclic) bond motifs is 8. The Labute approximate surface area is 553 Å². The molecule has 0 aromatic carbocycles. The van der Waals surface area contributed by atoms with Gasteiger partial charge in [-0.25, -0.2) is 75.8 Å². The fraction of sp³-hybridized carbons (Fsp3) is 0.500. The Morgan fingerprint density at radius 3 is 1.32 bits per heavy atom. The van der Waals surface area contributed by atoms with Crippen molar-refractivity contribution in [3.63, 3.8) is 0 Å². The maximum Gasteiger partial charge on any atom is 1.00 e. The molecule has 90 heavy (non-hydrogen) atoms. The van der Waals surface area contributed by atoms with Gasteiger partial charge in [-0.05, 0) is 0 Å². The van der Waals surface area contributed by atoms with Crippen LogP contribution in [0.15, 0.2) is 60.2 Å². The summed E-state index contributed by atoms with van der Waals surface area (Å²) >= 11 is 9.99. The number of imidazole rings is 4. The number of nitrogens with two attached hydrogens (primary N) is 2. The standard InChI is InChI=1S/2C20H21F2N10O9PS2.2Na/c2*21-9-13-7(38-19(9)31-5-28-11-15(23)24-3-25-16(11)31)1-30-44(35,36)41-14-8(2-37-42(34,43)40-13)39-20(10(14)22)32-6-29-12-17(32)26-4-27-18(12)33;;/h2*3-10,13-14,19-20,30H,1-2H2,(H,34,43)(H2,23,24,25)(H,26,27,33);;/q;;2*+1/p-2/t2*7-,8-,9-,10-,13-,14-,19-,20-,42?;;/m11../s1. The molecule has 0 radical (unpaired) electrons. The van der Waals surface area contributed by atoms with Crippen molar-refractivity contribution >= 4 is 114 Å². The van der Waals surface area contributed by atoms with Gasteiger partial charge in [-0.1, -0.05) is 11.8 Å². The summed E-state index contributed by atoms with van der Waals surface area (Å²) in [6.45, 7) is -12.0. The second kappa shape index (κ2) is 25.8. The first kappa shape index (κ1) is 67.2. The third kappa shape index (κ3) is 12.8. The van der Waals surface area contributed by atoms with Gasteiger partial charge < -0.3 is 75.6 Å². The summed E-state index contributed by atoms with van der Waals surface area (Å²) in [6, 6.07) is 0. The maximum absolute atomic E-state index is 15.9. The van der Waals surface area contributed by atoms with Crippen molar-refractivity contribution in [2.24, 2.45) is 0 Å². The largest absolute Gasteiger partial charge is 1.00 e. The molecule has 38 nitrogen and oxygen atoms in total. The van der Waals surface area contributed by atoms with Gasteiger partial charge >= 0.3 is 79.7 Å². The number of aromatic nitrogens is 16. The normalized spacial score (nSPS) is 35.3. The number of nitrogens with zero attached hydrogens (tertiary/aromatic N) is 14. The number of alkyl halides is 4. The molecule has 2 unspecified atom stereocenters. The van der Waals surface area contributed by atoms with Gasteiger partial charge in [0, 0.05) is 13.1 Å². The number of nitrogens with one attached hydrogen (secondary N) is 4. The Morgan fingerprint density at radius 2 is 0.900 bits per heavy atom. The predicted molar refractivity (Wildman–Crippen MR) is 285 cm³/mol. The summed E-state index contributed by atoms with van der Waals surface area (Å²) in [5.74, 6) is 0.0381. The summed E-state index contributed by atoms with van der Waals surface area (Å²) in [5, 5.41) is 0. The van der Waals surface area contributed by atoms with Crippen LogP contribution in [0.4, 0.5) is 29.2 Å². The van der Waals surface area contributed by atoms with Crippen LogP contribution in [0.1, 0.15) is 24.9 Å². The molecule has 6 aliphatic heterocycles. The summed E-state index contributed by atoms with van der Waals surface area (Å²) in [7, 11) is -9.53. The van der Waals surface area contributed by atoms with Gasteiger partial charge in [-0.2, -0.15) is 26.3 Å². The van der Waals surface area contributed by atoms with Crippen LogP contribution in [0, 0.1) is 0 Å². The molecule has 18 atom stereocenters. The van der Waals surface area contributed by atoms with Crippen LogP contribution in [0.5, 0.6) is 0 Å². The molecule has 8 aromatic heterocycles. The van der Waals surface area contributed by atoms with Gasteiger partial charge in [-0.15, -0.1) is 0 Å². The minimum absolute atomic E-state index is 0. The molecule has 0 amide bonds. The SMILES string of the molecule is Nc1ncnc2c1ncn2[C@@H]1O[C@@H]2CNS(=O)(=O)O[C@H]3[C@@H](F)[C@H](n4cnc5c(=O)[nH]cnc54)O[C@@H]3COP(=O)([S-])O[C@H]2[C@H]1F.Nc1ncnc2c1ncn2[C@@H]1O[C@@H]2CNS(=O)(=O)O[C@H]3[C@@H](F)[C@H](n4cnc5c(=O)[nH]cnc54)O[C@@H]3COP([O-])(=S)O[C@H]2[C@H]1F.[Na+].[Na+]. The number of ether oxygens (including phenoxy) is 4. The molecule has 6 fully saturated rings. The van der Waals surface area contributed by atoms with E-state index >= 15 is 17.6 Å². The van der Waals surface area contributed by atoms with E-state index in [-0.39, 0.29) is 115 Å². The van der Waals surface area contributed by atoms with Gasteiger partial charge in [-0.3, -0.25) is 32.4 Å². The molecule has 0 aliphatic carbocycles. The van der Waals surface area contributed by atoms with Gasteiger partial charge in [0.15, 0.2) is 102 Å². The zero-order valence-electron chi connectivity index (χ0n) is 45.5. The number of hydrogen-bond donors (Lipinski definition) is 6. The molecule has 8 N–H and O–H groups in total. The smallest absolute Gasteiger partial charge is 0.780 e. The summed E-state index contributed by atoms with van der Waals surface area (Å²) in [5.41, 5.74) is 10.5. The van der Waals surface area contributed by atoms with Gasteiger partial charge in [0.1, 0.15) is 79.2 Å². The van der Waals surface area contributed by atoms with E-state index in [0.717, 1.165) is 47.1 Å². The van der Waals surface area contributed by atoms with Crippen molar-refractivity contribution in [2.45, 2.75) is 98.4 Å². The Bertz CT molecular complexity index is 4220. The van der Waals surface area contributed by atoms with E-state index in [4.69, 9.17) is 80.9 Å². The Balaban J connectivity index is 0.000000181. The van der Waals surface area contributed by atoms with E-state index in [1.165, 1.54) is 21.8 Å². The Morgan fingerprint density at radius 1 is 0.544 bits per heavy atom. The molecule has 0 spiro atoms. The molecular formula is C40H40F4N20Na2O18P2S4. The molecule has 50 heteroatoms. The number of nitrogen functional groups attached to an aromatic ring is 2. The topological polar surface area (TPSA) is 491 Å². The molecule has 6 aliphatic rings. The molecular weight excluding hydrogens is 1360 g/mol. The van der Waals surface area contributed by atoms with E-state index in [1.54, 1.807) is 0 Å². The average molecular weight is 1400 g/mol. The van der Waals surface area contributed by atoms with Crippen molar-refractivity contribution in [1.82, 2.24) is 87.5 Å². The molecule has 0 saturated carbocycles. The number of hydrogen-bond acceptors (Lipinski definition) is 32. The van der Waals surface area contributed by atoms with Crippen molar-refractivity contribution in [3.05, 3.63) is 71.3 Å². The third-order valence-corrected chi connectivity index (χ3v) is 19.4. The summed E-state index contributed by atoms with van der Waals surface area (Å²) in [6.07, 6.45) is -19.0. The second-order valence-corrected chi connectivity index (χ2v) is 27.9. The Kier molecular flexibility index (Phi) is 19.3. The van der Waals surface area contributed by atoms with Crippen LogP contribution >= 0.6 is 13.5 Å². The van der Waals surface area contributed by atoms with Gasteiger partial charge in [0.2, 0.25) is 0 Å². The minimum Gasteiger partial charge on any atom is -0.780 e. The average Bonchev–Trinajstić information content (AvgIpc) is 2.16.